The zero-order valence-electron chi connectivity index (χ0n) is 14.9. The summed E-state index contributed by atoms with van der Waals surface area (Å²) in [4.78, 5) is 0. The Balaban J connectivity index is 0. The van der Waals surface area contributed by atoms with Gasteiger partial charge in [0.05, 0.1) is 7.11 Å². The smallest absolute Gasteiger partial charge is 0.160 e. The van der Waals surface area contributed by atoms with E-state index in [-0.39, 0.29) is 5.75 Å². The molecule has 0 spiro atoms. The molecule has 0 radical (unpaired) electrons. The van der Waals surface area contributed by atoms with Crippen molar-refractivity contribution in [2.24, 2.45) is 0 Å². The van der Waals surface area contributed by atoms with Gasteiger partial charge >= 0.3 is 0 Å². The molecule has 0 atom stereocenters. The first kappa shape index (κ1) is 23.0. The van der Waals surface area contributed by atoms with E-state index in [0.29, 0.717) is 11.7 Å². The Morgan fingerprint density at radius 3 is 2.05 bits per heavy atom. The van der Waals surface area contributed by atoms with E-state index in [4.69, 9.17) is 9.84 Å². The van der Waals surface area contributed by atoms with Crippen LogP contribution in [0.25, 0.3) is 0 Å². The Hall–Kier alpha value is -1.30. The van der Waals surface area contributed by atoms with Gasteiger partial charge in [0.2, 0.25) is 0 Å². The lowest BCUT2D eigenvalue weighted by atomic mass is 9.97. The van der Waals surface area contributed by atoms with Crippen LogP contribution in [-0.4, -0.2) is 44.2 Å². The number of methoxy groups -OCH3 is 1. The molecule has 1 aliphatic rings. The quantitative estimate of drug-likeness (QED) is 0.675. The van der Waals surface area contributed by atoms with E-state index >= 15 is 0 Å². The third-order valence-corrected chi connectivity index (χ3v) is 2.71. The number of hydrogen-bond donors (Lipinski definition) is 4. The van der Waals surface area contributed by atoms with Gasteiger partial charge in [-0.1, -0.05) is 40.2 Å². The van der Waals surface area contributed by atoms with Gasteiger partial charge in [0.1, 0.15) is 0 Å². The van der Waals surface area contributed by atoms with E-state index in [1.165, 1.54) is 6.42 Å². The summed E-state index contributed by atoms with van der Waals surface area (Å²) >= 11 is 0. The fourth-order valence-electron chi connectivity index (χ4n) is 1.85. The summed E-state index contributed by atoms with van der Waals surface area (Å²) in [6, 6.07) is 5.58. The Bertz CT molecular complexity index is 354. The first-order chi connectivity index (χ1) is 10.7. The Kier molecular flexibility index (Phi) is 16.8. The highest BCUT2D eigenvalue weighted by Crippen LogP contribution is 2.29. The molecule has 130 valence electrons. The number of nitrogens with one attached hydrogen (secondary N) is 2. The summed E-state index contributed by atoms with van der Waals surface area (Å²) in [7, 11) is 2.55. The van der Waals surface area contributed by atoms with Crippen LogP contribution < -0.4 is 15.4 Å². The highest BCUT2D eigenvalue weighted by Gasteiger charge is 2.15. The summed E-state index contributed by atoms with van der Waals surface area (Å²) in [5.74, 6) is 1.15. The molecule has 0 aromatic heterocycles. The molecule has 1 heterocycles. The minimum Gasteiger partial charge on any atom is -0.504 e. The maximum absolute atomic E-state index is 9.66. The van der Waals surface area contributed by atoms with Crippen LogP contribution in [0.1, 0.15) is 45.6 Å². The van der Waals surface area contributed by atoms with Gasteiger partial charge in [-0.25, -0.2) is 0 Å². The van der Waals surface area contributed by atoms with E-state index in [9.17, 15) is 5.11 Å². The van der Waals surface area contributed by atoms with E-state index in [0.717, 1.165) is 32.4 Å². The summed E-state index contributed by atoms with van der Waals surface area (Å²) in [5, 5.41) is 23.2. The van der Waals surface area contributed by atoms with Crippen LogP contribution in [0.2, 0.25) is 0 Å². The minimum absolute atomic E-state index is 0.209. The van der Waals surface area contributed by atoms with Gasteiger partial charge in [0.15, 0.2) is 11.5 Å². The number of aliphatic hydroxyl groups excluding tert-OH is 1. The lowest BCUT2D eigenvalue weighted by Crippen LogP contribution is -2.42. The number of aliphatic hydroxyl groups is 1. The predicted molar refractivity (Wildman–Crippen MR) is 93.7 cm³/mol. The summed E-state index contributed by atoms with van der Waals surface area (Å²) < 4.78 is 5.01. The normalized spacial score (nSPS) is 13.4. The standard InChI is InChI=1S/C11H16N2O2.C3H8.C2H6.CH4O/c1-15-11-3-2-8(4-10(11)14)9-5-12-7-13-6-9;1-3-2;2*1-2/h2-4,9,12-14H,5-7H2,1H3;3H2,1-2H3;1-2H3;2H,1H3. The maximum Gasteiger partial charge on any atom is 0.160 e. The third kappa shape index (κ3) is 8.87. The molecular formula is C17H34N2O3. The molecule has 1 aromatic rings. The van der Waals surface area contributed by atoms with Crippen LogP contribution in [0.4, 0.5) is 0 Å². The van der Waals surface area contributed by atoms with Gasteiger partial charge < -0.3 is 25.6 Å². The maximum atomic E-state index is 9.66. The second-order valence-corrected chi connectivity index (χ2v) is 4.42. The fraction of sp³-hybridized carbons (Fsp3) is 0.647. The molecule has 4 N–H and O–H groups in total. The van der Waals surface area contributed by atoms with Crippen molar-refractivity contribution >= 4 is 0 Å². The third-order valence-electron chi connectivity index (χ3n) is 2.71. The number of hydrogen-bond acceptors (Lipinski definition) is 5. The van der Waals surface area contributed by atoms with Crippen LogP contribution in [0, 0.1) is 0 Å². The summed E-state index contributed by atoms with van der Waals surface area (Å²) in [5.41, 5.74) is 1.13. The lowest BCUT2D eigenvalue weighted by Gasteiger charge is -2.24. The number of benzene rings is 1. The van der Waals surface area contributed by atoms with Crippen molar-refractivity contribution in [3.8, 4) is 11.5 Å². The molecule has 0 aliphatic carbocycles. The molecule has 1 fully saturated rings. The second-order valence-electron chi connectivity index (χ2n) is 4.42. The van der Waals surface area contributed by atoms with Crippen LogP contribution in [-0.2, 0) is 0 Å². The van der Waals surface area contributed by atoms with Crippen LogP contribution in [0.3, 0.4) is 0 Å². The Morgan fingerprint density at radius 2 is 1.64 bits per heavy atom. The highest BCUT2D eigenvalue weighted by molar-refractivity contribution is 5.43. The molecule has 22 heavy (non-hydrogen) atoms. The zero-order chi connectivity index (χ0) is 17.4. The topological polar surface area (TPSA) is 73.8 Å². The fourth-order valence-corrected chi connectivity index (χ4v) is 1.85. The van der Waals surface area contributed by atoms with Gasteiger partial charge in [-0.15, -0.1) is 0 Å². The van der Waals surface area contributed by atoms with Crippen molar-refractivity contribution in [3.63, 3.8) is 0 Å². The molecular weight excluding hydrogens is 280 g/mol. The van der Waals surface area contributed by atoms with Crippen LogP contribution in [0.5, 0.6) is 11.5 Å². The number of phenols is 1. The molecule has 1 aliphatic heterocycles. The van der Waals surface area contributed by atoms with E-state index in [1.54, 1.807) is 19.2 Å². The summed E-state index contributed by atoms with van der Waals surface area (Å²) in [6.45, 7) is 11.0. The van der Waals surface area contributed by atoms with Crippen molar-refractivity contribution in [2.45, 2.75) is 40.0 Å². The van der Waals surface area contributed by atoms with Gasteiger partial charge in [0, 0.05) is 32.8 Å². The molecule has 2 rings (SSSR count). The summed E-state index contributed by atoms with van der Waals surface area (Å²) in [6.07, 6.45) is 1.25. The van der Waals surface area contributed by atoms with E-state index in [2.05, 4.69) is 24.5 Å². The predicted octanol–water partition coefficient (Wildman–Crippen LogP) is 2.69. The zero-order valence-corrected chi connectivity index (χ0v) is 14.9. The molecule has 5 nitrogen and oxygen atoms in total. The Labute approximate surface area is 135 Å². The average molecular weight is 314 g/mol. The molecule has 1 aromatic carbocycles. The van der Waals surface area contributed by atoms with Crippen molar-refractivity contribution in [1.82, 2.24) is 10.6 Å². The number of ether oxygens (including phenoxy) is 1. The van der Waals surface area contributed by atoms with E-state index < -0.39 is 0 Å². The molecule has 0 amide bonds. The number of phenolic OH excluding ortho intramolecular Hbond substituents is 1. The number of aromatic hydroxyl groups is 1. The first-order valence-electron chi connectivity index (χ1n) is 7.95. The second kappa shape index (κ2) is 16.1. The molecule has 1 saturated heterocycles. The van der Waals surface area contributed by atoms with Gasteiger partial charge in [-0.3, -0.25) is 0 Å². The van der Waals surface area contributed by atoms with Crippen LogP contribution in [0.15, 0.2) is 18.2 Å². The van der Waals surface area contributed by atoms with E-state index in [1.807, 2.05) is 19.9 Å². The van der Waals surface area contributed by atoms with Crippen molar-refractivity contribution < 1.29 is 14.9 Å². The van der Waals surface area contributed by atoms with Crippen molar-refractivity contribution in [2.75, 3.05) is 34.0 Å². The first-order valence-corrected chi connectivity index (χ1v) is 7.95. The van der Waals surface area contributed by atoms with Gasteiger partial charge in [0.25, 0.3) is 0 Å². The lowest BCUT2D eigenvalue weighted by molar-refractivity contribution is 0.371. The van der Waals surface area contributed by atoms with Crippen LogP contribution >= 0.6 is 0 Å². The molecule has 0 unspecified atom stereocenters. The minimum atomic E-state index is 0.209. The molecule has 0 saturated carbocycles. The van der Waals surface area contributed by atoms with Crippen molar-refractivity contribution in [3.05, 3.63) is 23.8 Å². The largest absolute Gasteiger partial charge is 0.504 e. The highest BCUT2D eigenvalue weighted by atomic mass is 16.5. The Morgan fingerprint density at radius 1 is 1.14 bits per heavy atom. The van der Waals surface area contributed by atoms with Crippen molar-refractivity contribution in [1.29, 1.82) is 0 Å². The van der Waals surface area contributed by atoms with Gasteiger partial charge in [-0.2, -0.15) is 0 Å². The average Bonchev–Trinajstić information content (AvgIpc) is 2.60. The van der Waals surface area contributed by atoms with Gasteiger partial charge in [-0.05, 0) is 17.7 Å². The molecule has 5 heteroatoms. The number of rotatable bonds is 2. The SMILES string of the molecule is CC.CCC.CO.COc1ccc(C2CNCNC2)cc1O. The monoisotopic (exact) mass is 314 g/mol. The molecule has 0 bridgehead atoms.